The summed E-state index contributed by atoms with van der Waals surface area (Å²) >= 11 is 0. The van der Waals surface area contributed by atoms with Crippen LogP contribution in [-0.2, 0) is 10.1 Å². The van der Waals surface area contributed by atoms with E-state index in [0.29, 0.717) is 0 Å². The first kappa shape index (κ1) is 15.7. The van der Waals surface area contributed by atoms with Gasteiger partial charge < -0.3 is 4.90 Å². The Kier molecular flexibility index (Phi) is 6.27. The first-order chi connectivity index (χ1) is 7.18. The van der Waals surface area contributed by atoms with E-state index in [1.54, 1.807) is 0 Å². The van der Waals surface area contributed by atoms with Gasteiger partial charge in [-0.25, -0.2) is 0 Å². The van der Waals surface area contributed by atoms with Gasteiger partial charge in [-0.05, 0) is 38.9 Å². The van der Waals surface area contributed by atoms with Crippen LogP contribution in [0.15, 0.2) is 0 Å². The predicted octanol–water partition coefficient (Wildman–Crippen LogP) is 1.89. The van der Waals surface area contributed by atoms with Crippen LogP contribution in [0.2, 0.25) is 0 Å². The molecule has 0 aromatic rings. The Morgan fingerprint density at radius 1 is 1.25 bits per heavy atom. The van der Waals surface area contributed by atoms with Crippen molar-refractivity contribution in [3.8, 4) is 0 Å². The normalized spacial score (nSPS) is 18.1. The van der Waals surface area contributed by atoms with Gasteiger partial charge in [0.25, 0.3) is 0 Å². The van der Waals surface area contributed by atoms with E-state index in [-0.39, 0.29) is 0 Å². The molecule has 0 aromatic carbocycles. The molecule has 0 atom stereocenters. The molecule has 0 saturated carbocycles. The van der Waals surface area contributed by atoms with Crippen molar-refractivity contribution in [3.63, 3.8) is 0 Å². The number of hydrogen-bond acceptors (Lipinski definition) is 3. The SMILES string of the molecule is CCCN1CCCC1.O=S(=O)(O)C(F)(F)F. The minimum atomic E-state index is -5.84. The highest BCUT2D eigenvalue weighted by Crippen LogP contribution is 2.20. The second-order valence-corrected chi connectivity index (χ2v) is 4.88. The van der Waals surface area contributed by atoms with E-state index in [4.69, 9.17) is 13.0 Å². The van der Waals surface area contributed by atoms with Gasteiger partial charge in [-0.3, -0.25) is 4.55 Å². The van der Waals surface area contributed by atoms with E-state index in [0.717, 1.165) is 0 Å². The van der Waals surface area contributed by atoms with Gasteiger partial charge in [-0.2, -0.15) is 21.6 Å². The third-order valence-corrected chi connectivity index (χ3v) is 2.62. The fraction of sp³-hybridized carbons (Fsp3) is 1.00. The summed E-state index contributed by atoms with van der Waals surface area (Å²) in [5, 5.41) is 0. The minimum absolute atomic E-state index is 1.32. The second-order valence-electron chi connectivity index (χ2n) is 3.47. The Hall–Kier alpha value is -0.340. The van der Waals surface area contributed by atoms with Crippen LogP contribution in [0.25, 0.3) is 0 Å². The lowest BCUT2D eigenvalue weighted by molar-refractivity contribution is -0.0510. The second kappa shape index (κ2) is 6.41. The molecule has 1 rings (SSSR count). The highest BCUT2D eigenvalue weighted by molar-refractivity contribution is 7.86. The van der Waals surface area contributed by atoms with E-state index in [9.17, 15) is 13.2 Å². The van der Waals surface area contributed by atoms with E-state index < -0.39 is 15.6 Å². The zero-order valence-electron chi connectivity index (χ0n) is 9.00. The number of likely N-dealkylation sites (tertiary alicyclic amines) is 1. The van der Waals surface area contributed by atoms with Gasteiger partial charge in [0, 0.05) is 0 Å². The Labute approximate surface area is 93.2 Å². The van der Waals surface area contributed by atoms with Gasteiger partial charge in [0.15, 0.2) is 0 Å². The molecule has 1 heterocycles. The van der Waals surface area contributed by atoms with E-state index in [1.165, 1.54) is 38.9 Å². The summed E-state index contributed by atoms with van der Waals surface area (Å²) in [7, 11) is -5.84. The maximum atomic E-state index is 10.7. The molecule has 0 unspecified atom stereocenters. The molecule has 16 heavy (non-hydrogen) atoms. The smallest absolute Gasteiger partial charge is 0.303 e. The lowest BCUT2D eigenvalue weighted by atomic mass is 10.4. The zero-order chi connectivity index (χ0) is 12.8. The van der Waals surface area contributed by atoms with Crippen molar-refractivity contribution in [2.24, 2.45) is 0 Å². The van der Waals surface area contributed by atoms with Crippen molar-refractivity contribution >= 4 is 10.1 Å². The molecule has 0 aromatic heterocycles. The summed E-state index contributed by atoms with van der Waals surface area (Å²) in [6.45, 7) is 6.28. The third kappa shape index (κ3) is 6.29. The monoisotopic (exact) mass is 263 g/mol. The molecule has 0 bridgehead atoms. The highest BCUT2D eigenvalue weighted by Gasteiger charge is 2.44. The molecule has 8 heteroatoms. The molecule has 98 valence electrons. The van der Waals surface area contributed by atoms with Gasteiger partial charge in [-0.1, -0.05) is 6.92 Å². The van der Waals surface area contributed by atoms with Crippen molar-refractivity contribution in [1.29, 1.82) is 0 Å². The van der Waals surface area contributed by atoms with Crippen molar-refractivity contribution in [3.05, 3.63) is 0 Å². The summed E-state index contributed by atoms with van der Waals surface area (Å²) < 4.78 is 57.5. The van der Waals surface area contributed by atoms with Crippen LogP contribution in [0.3, 0.4) is 0 Å². The average Bonchev–Trinajstić information content (AvgIpc) is 2.54. The number of alkyl halides is 3. The molecule has 4 nitrogen and oxygen atoms in total. The number of halogens is 3. The number of rotatable bonds is 2. The summed E-state index contributed by atoms with van der Waals surface area (Å²) in [6.07, 6.45) is 4.18. The van der Waals surface area contributed by atoms with Gasteiger partial charge in [0.1, 0.15) is 0 Å². The van der Waals surface area contributed by atoms with Crippen LogP contribution in [0.1, 0.15) is 26.2 Å². The number of nitrogens with zero attached hydrogens (tertiary/aromatic N) is 1. The van der Waals surface area contributed by atoms with Crippen LogP contribution in [-0.4, -0.2) is 43.0 Å². The van der Waals surface area contributed by atoms with E-state index in [2.05, 4.69) is 11.8 Å². The Morgan fingerprint density at radius 3 is 1.88 bits per heavy atom. The molecule has 1 N–H and O–H groups in total. The molecular weight excluding hydrogens is 247 g/mol. The van der Waals surface area contributed by atoms with Gasteiger partial charge in [0.05, 0.1) is 0 Å². The summed E-state index contributed by atoms with van der Waals surface area (Å²) in [6, 6.07) is 0. The van der Waals surface area contributed by atoms with E-state index >= 15 is 0 Å². The molecule has 0 aliphatic carbocycles. The first-order valence-corrected chi connectivity index (χ1v) is 6.38. The fourth-order valence-corrected chi connectivity index (χ4v) is 1.32. The minimum Gasteiger partial charge on any atom is -0.303 e. The van der Waals surface area contributed by atoms with Crippen molar-refractivity contribution < 1.29 is 26.1 Å². The molecule has 0 amide bonds. The Bertz CT molecular complexity index is 283. The van der Waals surface area contributed by atoms with Gasteiger partial charge in [-0.15, -0.1) is 0 Å². The summed E-state index contributed by atoms with van der Waals surface area (Å²) in [4.78, 5) is 2.54. The number of hydrogen-bond donors (Lipinski definition) is 1. The highest BCUT2D eigenvalue weighted by atomic mass is 32.2. The molecular formula is C8H16F3NO3S. The maximum absolute atomic E-state index is 10.7. The molecule has 1 saturated heterocycles. The predicted molar refractivity (Wildman–Crippen MR) is 53.6 cm³/mol. The lowest BCUT2D eigenvalue weighted by Crippen LogP contribution is -2.21. The topological polar surface area (TPSA) is 57.6 Å². The van der Waals surface area contributed by atoms with Crippen molar-refractivity contribution in [1.82, 2.24) is 4.90 Å². The third-order valence-electron chi connectivity index (χ3n) is 2.03. The van der Waals surface area contributed by atoms with E-state index in [1.807, 2.05) is 0 Å². The van der Waals surface area contributed by atoms with Gasteiger partial charge >= 0.3 is 15.6 Å². The molecule has 1 fully saturated rings. The van der Waals surface area contributed by atoms with Crippen LogP contribution < -0.4 is 0 Å². The first-order valence-electron chi connectivity index (χ1n) is 4.94. The van der Waals surface area contributed by atoms with Crippen molar-refractivity contribution in [2.75, 3.05) is 19.6 Å². The van der Waals surface area contributed by atoms with Crippen LogP contribution >= 0.6 is 0 Å². The Morgan fingerprint density at radius 2 is 1.62 bits per heavy atom. The van der Waals surface area contributed by atoms with Crippen LogP contribution in [0.4, 0.5) is 13.2 Å². The zero-order valence-corrected chi connectivity index (χ0v) is 9.81. The summed E-state index contributed by atoms with van der Waals surface area (Å²) in [5.74, 6) is 0. The van der Waals surface area contributed by atoms with Crippen molar-refractivity contribution in [2.45, 2.75) is 31.7 Å². The van der Waals surface area contributed by atoms with Crippen LogP contribution in [0.5, 0.6) is 0 Å². The largest absolute Gasteiger partial charge is 0.522 e. The standard InChI is InChI=1S/C7H15N.CHF3O3S/c1-2-5-8-6-3-4-7-8;2-1(3,4)8(5,6)7/h2-7H2,1H3;(H,5,6,7). The van der Waals surface area contributed by atoms with Gasteiger partial charge in [0.2, 0.25) is 0 Å². The molecule has 1 aliphatic rings. The molecule has 0 spiro atoms. The molecule has 0 radical (unpaired) electrons. The quantitative estimate of drug-likeness (QED) is 0.610. The summed E-state index contributed by atoms with van der Waals surface area (Å²) in [5.41, 5.74) is -5.53. The molecule has 1 aliphatic heterocycles. The maximum Gasteiger partial charge on any atom is 0.522 e. The lowest BCUT2D eigenvalue weighted by Gasteiger charge is -2.11. The van der Waals surface area contributed by atoms with Crippen LogP contribution in [0, 0.1) is 0 Å². The fourth-order valence-electron chi connectivity index (χ4n) is 1.32. The average molecular weight is 263 g/mol. The Balaban J connectivity index is 0.000000281.